The zero-order chi connectivity index (χ0) is 12.5. The van der Waals surface area contributed by atoms with Crippen LogP contribution in [0.5, 0.6) is 0 Å². The molecule has 1 saturated carbocycles. The summed E-state index contributed by atoms with van der Waals surface area (Å²) in [4.78, 5) is 0. The minimum absolute atomic E-state index is 0.147. The van der Waals surface area contributed by atoms with E-state index in [0.717, 1.165) is 45.1 Å². The molecule has 0 amide bonds. The number of nitrogens with one attached hydrogen (secondary N) is 1. The summed E-state index contributed by atoms with van der Waals surface area (Å²) < 4.78 is 5.35. The van der Waals surface area contributed by atoms with Crippen molar-refractivity contribution in [3.05, 3.63) is 0 Å². The van der Waals surface area contributed by atoms with Crippen molar-refractivity contribution in [2.45, 2.75) is 63.7 Å². The molecule has 102 valence electrons. The maximum Gasteiger partial charge on any atom is 0.0897 e. The van der Waals surface area contributed by atoms with Crippen LogP contribution in [0.4, 0.5) is 0 Å². The lowest BCUT2D eigenvalue weighted by Crippen LogP contribution is -2.45. The highest BCUT2D eigenvalue weighted by Gasteiger charge is 2.22. The van der Waals surface area contributed by atoms with Crippen molar-refractivity contribution in [2.75, 3.05) is 19.8 Å². The number of rotatable bonds is 8. The van der Waals surface area contributed by atoms with E-state index in [-0.39, 0.29) is 12.1 Å². The molecule has 1 rings (SSSR count). The van der Waals surface area contributed by atoms with E-state index >= 15 is 0 Å². The van der Waals surface area contributed by atoms with Crippen molar-refractivity contribution in [1.82, 2.24) is 5.32 Å². The Labute approximate surface area is 104 Å². The van der Waals surface area contributed by atoms with Gasteiger partial charge in [-0.2, -0.15) is 0 Å². The molecule has 0 bridgehead atoms. The Morgan fingerprint density at radius 1 is 1.35 bits per heavy atom. The van der Waals surface area contributed by atoms with E-state index in [0.29, 0.717) is 13.2 Å². The number of unbranched alkanes of at least 4 members (excludes halogenated alkanes) is 1. The summed E-state index contributed by atoms with van der Waals surface area (Å²) in [7, 11) is 0. The summed E-state index contributed by atoms with van der Waals surface area (Å²) >= 11 is 0. The van der Waals surface area contributed by atoms with Gasteiger partial charge in [-0.25, -0.2) is 0 Å². The van der Waals surface area contributed by atoms with E-state index in [9.17, 15) is 10.2 Å². The molecular weight excluding hydrogens is 218 g/mol. The smallest absolute Gasteiger partial charge is 0.0897 e. The third-order valence-corrected chi connectivity index (χ3v) is 3.30. The van der Waals surface area contributed by atoms with E-state index < -0.39 is 6.10 Å². The lowest BCUT2D eigenvalue weighted by molar-refractivity contribution is 0.0267. The van der Waals surface area contributed by atoms with Crippen molar-refractivity contribution >= 4 is 0 Å². The molecule has 0 aromatic carbocycles. The molecule has 4 nitrogen and oxygen atoms in total. The highest BCUT2D eigenvalue weighted by molar-refractivity contribution is 4.81. The minimum Gasteiger partial charge on any atom is -0.392 e. The molecule has 0 aliphatic heterocycles. The first-order valence-electron chi connectivity index (χ1n) is 6.91. The van der Waals surface area contributed by atoms with Crippen LogP contribution in [0.1, 0.15) is 45.4 Å². The molecule has 1 fully saturated rings. The van der Waals surface area contributed by atoms with Gasteiger partial charge in [-0.15, -0.1) is 0 Å². The van der Waals surface area contributed by atoms with Gasteiger partial charge in [0.25, 0.3) is 0 Å². The quantitative estimate of drug-likeness (QED) is 0.560. The van der Waals surface area contributed by atoms with E-state index in [1.165, 1.54) is 0 Å². The van der Waals surface area contributed by atoms with Gasteiger partial charge in [-0.05, 0) is 19.3 Å². The number of aliphatic hydroxyl groups is 2. The fourth-order valence-electron chi connectivity index (χ4n) is 2.16. The standard InChI is InChI=1S/C13H27NO3/c1-2-3-8-17-10-11(15)9-14-12-6-4-5-7-13(12)16/h11-16H,2-10H2,1H3. The van der Waals surface area contributed by atoms with Gasteiger partial charge in [0.15, 0.2) is 0 Å². The van der Waals surface area contributed by atoms with Gasteiger partial charge in [0.2, 0.25) is 0 Å². The first-order valence-corrected chi connectivity index (χ1v) is 6.91. The third-order valence-electron chi connectivity index (χ3n) is 3.30. The predicted molar refractivity (Wildman–Crippen MR) is 68.0 cm³/mol. The number of hydrogen-bond donors (Lipinski definition) is 3. The van der Waals surface area contributed by atoms with Crippen molar-refractivity contribution in [3.8, 4) is 0 Å². The molecule has 1 aliphatic rings. The fourth-order valence-corrected chi connectivity index (χ4v) is 2.16. The van der Waals surface area contributed by atoms with Crippen LogP contribution in [-0.4, -0.2) is 48.2 Å². The first-order chi connectivity index (χ1) is 8.24. The average Bonchev–Trinajstić information content (AvgIpc) is 2.34. The molecular formula is C13H27NO3. The van der Waals surface area contributed by atoms with E-state index in [4.69, 9.17) is 4.74 Å². The molecule has 3 unspecified atom stereocenters. The predicted octanol–water partition coefficient (Wildman–Crippen LogP) is 1.06. The van der Waals surface area contributed by atoms with Crippen LogP contribution < -0.4 is 5.32 Å². The van der Waals surface area contributed by atoms with Crippen molar-refractivity contribution < 1.29 is 14.9 Å². The Bertz CT molecular complexity index is 190. The molecule has 17 heavy (non-hydrogen) atoms. The Hall–Kier alpha value is -0.160. The lowest BCUT2D eigenvalue weighted by Gasteiger charge is -2.29. The van der Waals surface area contributed by atoms with Crippen LogP contribution in [-0.2, 0) is 4.74 Å². The van der Waals surface area contributed by atoms with Gasteiger partial charge in [-0.3, -0.25) is 0 Å². The van der Waals surface area contributed by atoms with Gasteiger partial charge in [0.1, 0.15) is 0 Å². The molecule has 1 aliphatic carbocycles. The Morgan fingerprint density at radius 2 is 2.12 bits per heavy atom. The summed E-state index contributed by atoms with van der Waals surface area (Å²) in [6.07, 6.45) is 5.59. The summed E-state index contributed by atoms with van der Waals surface area (Å²) in [5, 5.41) is 22.7. The number of ether oxygens (including phenoxy) is 1. The van der Waals surface area contributed by atoms with E-state index in [2.05, 4.69) is 12.2 Å². The molecule has 0 saturated heterocycles. The third kappa shape index (κ3) is 6.36. The molecule has 0 aromatic heterocycles. The topological polar surface area (TPSA) is 61.7 Å². The van der Waals surface area contributed by atoms with Crippen LogP contribution in [0.2, 0.25) is 0 Å². The zero-order valence-corrected chi connectivity index (χ0v) is 10.9. The highest BCUT2D eigenvalue weighted by atomic mass is 16.5. The summed E-state index contributed by atoms with van der Waals surface area (Å²) in [5.41, 5.74) is 0. The first kappa shape index (κ1) is 14.9. The van der Waals surface area contributed by atoms with Crippen molar-refractivity contribution in [2.24, 2.45) is 0 Å². The van der Waals surface area contributed by atoms with Gasteiger partial charge >= 0.3 is 0 Å². The second-order valence-corrected chi connectivity index (χ2v) is 4.95. The zero-order valence-electron chi connectivity index (χ0n) is 10.9. The summed E-state index contributed by atoms with van der Waals surface area (Å²) in [6.45, 7) is 3.73. The van der Waals surface area contributed by atoms with Crippen molar-refractivity contribution in [1.29, 1.82) is 0 Å². The second kappa shape index (κ2) is 8.86. The molecule has 0 heterocycles. The van der Waals surface area contributed by atoms with E-state index in [1.54, 1.807) is 0 Å². The SMILES string of the molecule is CCCCOCC(O)CNC1CCCCC1O. The second-order valence-electron chi connectivity index (χ2n) is 4.95. The molecule has 3 N–H and O–H groups in total. The summed E-state index contributed by atoms with van der Waals surface area (Å²) in [6, 6.07) is 0.147. The van der Waals surface area contributed by atoms with Crippen LogP contribution in [0, 0.1) is 0 Å². The Balaban J connectivity index is 2.03. The van der Waals surface area contributed by atoms with Crippen LogP contribution in [0.15, 0.2) is 0 Å². The molecule has 3 atom stereocenters. The van der Waals surface area contributed by atoms with Crippen LogP contribution in [0.25, 0.3) is 0 Å². The maximum atomic E-state index is 9.75. The molecule has 4 heteroatoms. The van der Waals surface area contributed by atoms with Crippen LogP contribution in [0.3, 0.4) is 0 Å². The molecule has 0 aromatic rings. The minimum atomic E-state index is -0.471. The van der Waals surface area contributed by atoms with Gasteiger partial charge in [0.05, 0.1) is 18.8 Å². The van der Waals surface area contributed by atoms with E-state index in [1.807, 2.05) is 0 Å². The van der Waals surface area contributed by atoms with Crippen LogP contribution >= 0.6 is 0 Å². The number of hydrogen-bond acceptors (Lipinski definition) is 4. The van der Waals surface area contributed by atoms with Gasteiger partial charge in [-0.1, -0.05) is 26.2 Å². The Morgan fingerprint density at radius 3 is 2.82 bits per heavy atom. The van der Waals surface area contributed by atoms with Crippen molar-refractivity contribution in [3.63, 3.8) is 0 Å². The molecule has 0 radical (unpaired) electrons. The largest absolute Gasteiger partial charge is 0.392 e. The summed E-state index contributed by atoms with van der Waals surface area (Å²) in [5.74, 6) is 0. The average molecular weight is 245 g/mol. The van der Waals surface area contributed by atoms with Gasteiger partial charge in [0, 0.05) is 19.2 Å². The Kier molecular flexibility index (Phi) is 7.77. The monoisotopic (exact) mass is 245 g/mol. The molecule has 0 spiro atoms. The normalized spacial score (nSPS) is 27.0. The number of aliphatic hydroxyl groups excluding tert-OH is 2. The maximum absolute atomic E-state index is 9.75. The lowest BCUT2D eigenvalue weighted by atomic mass is 9.92. The van der Waals surface area contributed by atoms with Gasteiger partial charge < -0.3 is 20.3 Å². The fraction of sp³-hybridized carbons (Fsp3) is 1.00. The highest BCUT2D eigenvalue weighted by Crippen LogP contribution is 2.18.